The van der Waals surface area contributed by atoms with E-state index in [9.17, 15) is 21.6 Å². The Labute approximate surface area is 222 Å². The smallest absolute Gasteiger partial charge is 0.265 e. The zero-order valence-corrected chi connectivity index (χ0v) is 23.2. The Morgan fingerprint density at radius 2 is 1.51 bits per heavy atom. The normalized spacial score (nSPS) is 11.8. The predicted octanol–water partition coefficient (Wildman–Crippen LogP) is 4.74. The molecule has 0 fully saturated rings. The summed E-state index contributed by atoms with van der Waals surface area (Å²) in [6, 6.07) is 14.7. The van der Waals surface area contributed by atoms with Crippen molar-refractivity contribution in [1.29, 1.82) is 0 Å². The van der Waals surface area contributed by atoms with Crippen molar-refractivity contribution in [1.82, 2.24) is 4.31 Å². The lowest BCUT2D eigenvalue weighted by Gasteiger charge is -2.20. The van der Waals surface area contributed by atoms with Gasteiger partial charge in [0.25, 0.3) is 15.9 Å². The molecule has 0 atom stereocenters. The van der Waals surface area contributed by atoms with Crippen LogP contribution in [-0.4, -0.2) is 47.2 Å². The number of nitrogens with zero attached hydrogens (tertiary/aromatic N) is 1. The molecular weight excluding hydrogens is 538 g/mol. The van der Waals surface area contributed by atoms with Crippen LogP contribution in [0.5, 0.6) is 5.75 Å². The molecule has 0 saturated heterocycles. The number of aryl methyl sites for hydroxylation is 1. The number of ether oxygens (including phenoxy) is 1. The number of methoxy groups -OCH3 is 1. The molecule has 37 heavy (non-hydrogen) atoms. The standard InChI is InChI=1S/C25H28ClN3O6S2/c1-5-29(6-2)37(33,34)23-15-18(8-7-17(23)3)25(30)27-21-13-14-22(35-4)24(16-21)36(31,32)28-20-11-9-19(26)10-12-20/h7-16,28H,5-6H2,1-4H3,(H,27,30). The van der Waals surface area contributed by atoms with E-state index >= 15 is 0 Å². The zero-order valence-electron chi connectivity index (χ0n) is 20.8. The average Bonchev–Trinajstić information content (AvgIpc) is 2.86. The fraction of sp³-hybridized carbons (Fsp3) is 0.240. The van der Waals surface area contributed by atoms with Gasteiger partial charge in [-0.2, -0.15) is 4.31 Å². The van der Waals surface area contributed by atoms with E-state index in [1.54, 1.807) is 39.0 Å². The number of amides is 1. The quantitative estimate of drug-likeness (QED) is 0.366. The summed E-state index contributed by atoms with van der Waals surface area (Å²) >= 11 is 5.87. The maximum atomic E-state index is 13.1. The molecule has 3 rings (SSSR count). The molecule has 2 N–H and O–H groups in total. The Kier molecular flexibility index (Phi) is 8.85. The molecule has 0 radical (unpaired) electrons. The van der Waals surface area contributed by atoms with E-state index < -0.39 is 26.0 Å². The van der Waals surface area contributed by atoms with Crippen molar-refractivity contribution in [3.8, 4) is 5.75 Å². The van der Waals surface area contributed by atoms with Gasteiger partial charge in [0.1, 0.15) is 10.6 Å². The maximum absolute atomic E-state index is 13.1. The van der Waals surface area contributed by atoms with Crippen molar-refractivity contribution >= 4 is 48.9 Å². The molecule has 0 spiro atoms. The summed E-state index contributed by atoms with van der Waals surface area (Å²) in [5.74, 6) is -0.530. The number of sulfonamides is 2. The highest BCUT2D eigenvalue weighted by atomic mass is 35.5. The molecule has 0 saturated carbocycles. The topological polar surface area (TPSA) is 122 Å². The van der Waals surface area contributed by atoms with Gasteiger partial charge in [0.15, 0.2) is 0 Å². The summed E-state index contributed by atoms with van der Waals surface area (Å²) in [5, 5.41) is 3.09. The molecular formula is C25H28ClN3O6S2. The SMILES string of the molecule is CCN(CC)S(=O)(=O)c1cc(C(=O)Nc2ccc(OC)c(S(=O)(=O)Nc3ccc(Cl)cc3)c2)ccc1C. The molecule has 0 aromatic heterocycles. The predicted molar refractivity (Wildman–Crippen MR) is 144 cm³/mol. The lowest BCUT2D eigenvalue weighted by atomic mass is 10.1. The second kappa shape index (κ2) is 11.5. The first-order chi connectivity index (χ1) is 17.4. The van der Waals surface area contributed by atoms with Crippen molar-refractivity contribution < 1.29 is 26.4 Å². The summed E-state index contributed by atoms with van der Waals surface area (Å²) in [4.78, 5) is 12.9. The average molecular weight is 566 g/mol. The van der Waals surface area contributed by atoms with Gasteiger partial charge < -0.3 is 10.1 Å². The minimum Gasteiger partial charge on any atom is -0.495 e. The molecule has 0 unspecified atom stereocenters. The molecule has 12 heteroatoms. The first kappa shape index (κ1) is 28.5. The van der Waals surface area contributed by atoms with Crippen molar-refractivity contribution in [2.24, 2.45) is 0 Å². The monoisotopic (exact) mass is 565 g/mol. The highest BCUT2D eigenvalue weighted by Gasteiger charge is 2.25. The number of carbonyl (C=O) groups is 1. The third-order valence-electron chi connectivity index (χ3n) is 5.58. The maximum Gasteiger partial charge on any atom is 0.265 e. The number of nitrogens with one attached hydrogen (secondary N) is 2. The Morgan fingerprint density at radius 1 is 0.892 bits per heavy atom. The Balaban J connectivity index is 1.93. The van der Waals surface area contributed by atoms with E-state index in [1.807, 2.05) is 0 Å². The van der Waals surface area contributed by atoms with Crippen LogP contribution in [0, 0.1) is 6.92 Å². The third-order valence-corrected chi connectivity index (χ3v) is 9.43. The van der Waals surface area contributed by atoms with Crippen LogP contribution in [0.25, 0.3) is 0 Å². The third kappa shape index (κ3) is 6.42. The van der Waals surface area contributed by atoms with Crippen LogP contribution in [0.3, 0.4) is 0 Å². The molecule has 1 amide bonds. The van der Waals surface area contributed by atoms with Crippen LogP contribution in [0.4, 0.5) is 11.4 Å². The Bertz CT molecular complexity index is 1500. The molecule has 0 bridgehead atoms. The highest BCUT2D eigenvalue weighted by molar-refractivity contribution is 7.92. The fourth-order valence-electron chi connectivity index (χ4n) is 3.62. The molecule has 0 aliphatic carbocycles. The van der Waals surface area contributed by atoms with Gasteiger partial charge in [0.05, 0.1) is 12.0 Å². The second-order valence-corrected chi connectivity index (χ2v) is 12.0. The number of benzene rings is 3. The van der Waals surface area contributed by atoms with Crippen LogP contribution in [-0.2, 0) is 20.0 Å². The van der Waals surface area contributed by atoms with Crippen LogP contribution in [0.15, 0.2) is 70.5 Å². The van der Waals surface area contributed by atoms with Crippen molar-refractivity contribution in [3.63, 3.8) is 0 Å². The highest BCUT2D eigenvalue weighted by Crippen LogP contribution is 2.30. The van der Waals surface area contributed by atoms with Gasteiger partial charge in [0, 0.05) is 35.1 Å². The summed E-state index contributed by atoms with van der Waals surface area (Å²) in [6.07, 6.45) is 0. The van der Waals surface area contributed by atoms with E-state index in [4.69, 9.17) is 16.3 Å². The fourth-order valence-corrected chi connectivity index (χ4v) is 6.71. The Morgan fingerprint density at radius 3 is 2.11 bits per heavy atom. The van der Waals surface area contributed by atoms with Gasteiger partial charge in [0.2, 0.25) is 10.0 Å². The van der Waals surface area contributed by atoms with Crippen molar-refractivity contribution in [2.45, 2.75) is 30.6 Å². The van der Waals surface area contributed by atoms with Crippen LogP contribution < -0.4 is 14.8 Å². The van der Waals surface area contributed by atoms with Crippen LogP contribution in [0.1, 0.15) is 29.8 Å². The van der Waals surface area contributed by atoms with Crippen molar-refractivity contribution in [2.75, 3.05) is 30.2 Å². The van der Waals surface area contributed by atoms with Gasteiger partial charge in [-0.05, 0) is 67.1 Å². The lowest BCUT2D eigenvalue weighted by molar-refractivity contribution is 0.102. The number of carbonyl (C=O) groups excluding carboxylic acids is 1. The van der Waals surface area contributed by atoms with E-state index in [2.05, 4.69) is 10.0 Å². The molecule has 3 aromatic carbocycles. The van der Waals surface area contributed by atoms with E-state index in [1.165, 1.54) is 53.9 Å². The van der Waals surface area contributed by atoms with Crippen LogP contribution in [0.2, 0.25) is 5.02 Å². The largest absolute Gasteiger partial charge is 0.495 e. The number of anilines is 2. The van der Waals surface area contributed by atoms with E-state index in [0.717, 1.165) is 0 Å². The minimum absolute atomic E-state index is 0.0361. The number of rotatable bonds is 10. The molecule has 0 aliphatic rings. The summed E-state index contributed by atoms with van der Waals surface area (Å²) in [6.45, 7) is 5.73. The molecule has 198 valence electrons. The Hall–Kier alpha value is -3.12. The van der Waals surface area contributed by atoms with Gasteiger partial charge in [-0.1, -0.05) is 31.5 Å². The van der Waals surface area contributed by atoms with Crippen molar-refractivity contribution in [3.05, 3.63) is 76.8 Å². The first-order valence-electron chi connectivity index (χ1n) is 11.3. The van der Waals surface area contributed by atoms with Gasteiger partial charge in [-0.25, -0.2) is 16.8 Å². The van der Waals surface area contributed by atoms with E-state index in [-0.39, 0.29) is 26.8 Å². The lowest BCUT2D eigenvalue weighted by Crippen LogP contribution is -2.31. The molecule has 0 aliphatic heterocycles. The number of hydrogen-bond acceptors (Lipinski definition) is 6. The number of halogens is 1. The van der Waals surface area contributed by atoms with Gasteiger partial charge in [-0.3, -0.25) is 9.52 Å². The molecule has 0 heterocycles. The first-order valence-corrected chi connectivity index (χ1v) is 14.6. The number of hydrogen-bond donors (Lipinski definition) is 2. The minimum atomic E-state index is -4.09. The van der Waals surface area contributed by atoms with Crippen LogP contribution >= 0.6 is 11.6 Å². The van der Waals surface area contributed by atoms with Gasteiger partial charge >= 0.3 is 0 Å². The zero-order chi connectivity index (χ0) is 27.4. The van der Waals surface area contributed by atoms with E-state index in [0.29, 0.717) is 29.4 Å². The second-order valence-electron chi connectivity index (χ2n) is 8.00. The molecule has 3 aromatic rings. The summed E-state index contributed by atoms with van der Waals surface area (Å²) in [7, 11) is -6.55. The van der Waals surface area contributed by atoms with Gasteiger partial charge in [-0.15, -0.1) is 0 Å². The summed E-state index contributed by atoms with van der Waals surface area (Å²) < 4.78 is 61.2. The molecule has 9 nitrogen and oxygen atoms in total. The summed E-state index contributed by atoms with van der Waals surface area (Å²) in [5.41, 5.74) is 1.09.